The number of hydrogen-bond donors (Lipinski definition) is 2. The highest BCUT2D eigenvalue weighted by Crippen LogP contribution is 2.28. The molecule has 2 aromatic carbocycles. The Morgan fingerprint density at radius 2 is 1.92 bits per heavy atom. The van der Waals surface area contributed by atoms with E-state index in [1.165, 1.54) is 55.8 Å². The molecule has 0 saturated heterocycles. The summed E-state index contributed by atoms with van der Waals surface area (Å²) in [6.07, 6.45) is 1.33. The molecule has 0 aliphatic rings. The van der Waals surface area contributed by atoms with Crippen LogP contribution in [0.2, 0.25) is 0 Å². The first-order valence-electron chi connectivity index (χ1n) is 6.75. The van der Waals surface area contributed by atoms with Gasteiger partial charge in [-0.2, -0.15) is 13.9 Å². The fourth-order valence-electron chi connectivity index (χ4n) is 1.80. The molecule has 0 spiro atoms. The zero-order chi connectivity index (χ0) is 17.5. The maximum absolute atomic E-state index is 12.2. The van der Waals surface area contributed by atoms with Gasteiger partial charge in [0.05, 0.1) is 13.3 Å². The number of hydrogen-bond acceptors (Lipinski definition) is 5. The molecule has 0 atom stereocenters. The van der Waals surface area contributed by atoms with Crippen LogP contribution in [0.3, 0.4) is 0 Å². The molecule has 126 valence electrons. The van der Waals surface area contributed by atoms with Gasteiger partial charge in [-0.05, 0) is 48.0 Å². The molecule has 8 heteroatoms. The van der Waals surface area contributed by atoms with E-state index < -0.39 is 12.5 Å². The van der Waals surface area contributed by atoms with Crippen molar-refractivity contribution in [3.63, 3.8) is 0 Å². The van der Waals surface area contributed by atoms with Crippen molar-refractivity contribution < 1.29 is 28.2 Å². The van der Waals surface area contributed by atoms with Crippen molar-refractivity contribution in [3.8, 4) is 17.2 Å². The lowest BCUT2D eigenvalue weighted by atomic mass is 10.2. The molecule has 6 nitrogen and oxygen atoms in total. The van der Waals surface area contributed by atoms with Gasteiger partial charge >= 0.3 is 6.61 Å². The monoisotopic (exact) mass is 336 g/mol. The number of rotatable bonds is 6. The van der Waals surface area contributed by atoms with Gasteiger partial charge in [-0.25, -0.2) is 5.43 Å². The summed E-state index contributed by atoms with van der Waals surface area (Å²) >= 11 is 0. The number of phenols is 1. The van der Waals surface area contributed by atoms with Gasteiger partial charge in [0.2, 0.25) is 0 Å². The molecule has 0 unspecified atom stereocenters. The van der Waals surface area contributed by atoms with E-state index in [4.69, 9.17) is 9.84 Å². The normalized spacial score (nSPS) is 10.8. The molecule has 0 saturated carbocycles. The van der Waals surface area contributed by atoms with E-state index in [2.05, 4.69) is 15.3 Å². The highest BCUT2D eigenvalue weighted by atomic mass is 19.3. The molecular weight excluding hydrogens is 322 g/mol. The third kappa shape index (κ3) is 4.67. The summed E-state index contributed by atoms with van der Waals surface area (Å²) in [5.41, 5.74) is 3.14. The third-order valence-electron chi connectivity index (χ3n) is 2.91. The summed E-state index contributed by atoms with van der Waals surface area (Å²) in [5, 5.41) is 12.9. The molecule has 0 aliphatic heterocycles. The Bertz CT molecular complexity index is 733. The van der Waals surface area contributed by atoms with Gasteiger partial charge in [0.25, 0.3) is 5.91 Å². The first-order valence-corrected chi connectivity index (χ1v) is 6.75. The molecule has 0 aliphatic carbocycles. The van der Waals surface area contributed by atoms with Gasteiger partial charge < -0.3 is 14.6 Å². The maximum Gasteiger partial charge on any atom is 0.387 e. The van der Waals surface area contributed by atoms with E-state index in [0.29, 0.717) is 11.1 Å². The number of nitrogens with zero attached hydrogens (tertiary/aromatic N) is 1. The van der Waals surface area contributed by atoms with Crippen LogP contribution in [0.5, 0.6) is 17.2 Å². The average Bonchev–Trinajstić information content (AvgIpc) is 2.56. The van der Waals surface area contributed by atoms with Crippen molar-refractivity contribution >= 4 is 12.1 Å². The summed E-state index contributed by atoms with van der Waals surface area (Å²) in [4.78, 5) is 11.8. The number of ether oxygens (including phenoxy) is 2. The summed E-state index contributed by atoms with van der Waals surface area (Å²) in [5.74, 6) is -0.397. The molecule has 0 heterocycles. The second kappa shape index (κ2) is 7.91. The van der Waals surface area contributed by atoms with E-state index in [1.807, 2.05) is 0 Å². The summed E-state index contributed by atoms with van der Waals surface area (Å²) < 4.78 is 33.8. The molecule has 0 fully saturated rings. The number of nitrogens with one attached hydrogen (secondary N) is 1. The fraction of sp³-hybridized carbons (Fsp3) is 0.125. The number of carbonyl (C=O) groups is 1. The van der Waals surface area contributed by atoms with Crippen LogP contribution < -0.4 is 14.9 Å². The van der Waals surface area contributed by atoms with Crippen LogP contribution in [-0.4, -0.2) is 30.9 Å². The Morgan fingerprint density at radius 3 is 2.54 bits per heavy atom. The molecule has 2 aromatic rings. The smallest absolute Gasteiger partial charge is 0.387 e. The molecule has 0 bridgehead atoms. The molecule has 24 heavy (non-hydrogen) atoms. The minimum Gasteiger partial charge on any atom is -0.508 e. The van der Waals surface area contributed by atoms with Gasteiger partial charge in [-0.15, -0.1) is 0 Å². The predicted molar refractivity (Wildman–Crippen MR) is 82.8 cm³/mol. The van der Waals surface area contributed by atoms with Crippen LogP contribution in [-0.2, 0) is 0 Å². The van der Waals surface area contributed by atoms with Crippen molar-refractivity contribution in [3.05, 3.63) is 53.6 Å². The van der Waals surface area contributed by atoms with Gasteiger partial charge in [0, 0.05) is 5.56 Å². The van der Waals surface area contributed by atoms with E-state index in [-0.39, 0.29) is 17.2 Å². The molecule has 0 aromatic heterocycles. The van der Waals surface area contributed by atoms with Gasteiger partial charge in [0.15, 0.2) is 11.5 Å². The summed E-state index contributed by atoms with van der Waals surface area (Å²) in [7, 11) is 1.32. The quantitative estimate of drug-likeness (QED) is 0.628. The molecule has 1 amide bonds. The number of benzene rings is 2. The number of halogens is 2. The summed E-state index contributed by atoms with van der Waals surface area (Å²) in [6, 6.07) is 9.88. The first-order chi connectivity index (χ1) is 11.5. The Kier molecular flexibility index (Phi) is 5.67. The lowest BCUT2D eigenvalue weighted by molar-refractivity contribution is -0.0512. The number of carbonyl (C=O) groups excluding carboxylic acids is 1. The first kappa shape index (κ1) is 17.2. The van der Waals surface area contributed by atoms with E-state index >= 15 is 0 Å². The minimum absolute atomic E-state index is 0.0493. The maximum atomic E-state index is 12.2. The number of alkyl halides is 2. The third-order valence-corrected chi connectivity index (χ3v) is 2.91. The highest BCUT2D eigenvalue weighted by Gasteiger charge is 2.10. The predicted octanol–water partition coefficient (Wildman–Crippen LogP) is 2.77. The van der Waals surface area contributed by atoms with Crippen LogP contribution >= 0.6 is 0 Å². The Morgan fingerprint density at radius 1 is 1.21 bits per heavy atom. The highest BCUT2D eigenvalue weighted by molar-refractivity contribution is 5.95. The van der Waals surface area contributed by atoms with E-state index in [9.17, 15) is 13.6 Å². The Balaban J connectivity index is 2.03. The van der Waals surface area contributed by atoms with Gasteiger partial charge in [-0.1, -0.05) is 0 Å². The number of hydrazone groups is 1. The number of aromatic hydroxyl groups is 1. The topological polar surface area (TPSA) is 80.2 Å². The zero-order valence-corrected chi connectivity index (χ0v) is 12.6. The van der Waals surface area contributed by atoms with E-state index in [0.717, 1.165) is 0 Å². The second-order valence-corrected chi connectivity index (χ2v) is 4.53. The van der Waals surface area contributed by atoms with Crippen LogP contribution in [0.4, 0.5) is 8.78 Å². The molecular formula is C16H14F2N2O4. The van der Waals surface area contributed by atoms with Crippen LogP contribution in [0, 0.1) is 0 Å². The number of methoxy groups -OCH3 is 1. The zero-order valence-electron chi connectivity index (χ0n) is 12.6. The van der Waals surface area contributed by atoms with Crippen molar-refractivity contribution in [1.29, 1.82) is 0 Å². The standard InChI is InChI=1S/C16H14F2N2O4/c1-23-14-8-10(2-7-13(14)24-16(17)18)9-19-20-15(22)11-3-5-12(21)6-4-11/h2-9,16,21H,1H3,(H,20,22)/b19-9-. The molecule has 2 rings (SSSR count). The Hall–Kier alpha value is -3.16. The van der Waals surface area contributed by atoms with Gasteiger partial charge in [0.1, 0.15) is 5.75 Å². The number of phenolic OH excluding ortho intramolecular Hbond substituents is 1. The SMILES string of the molecule is COc1cc(/C=N\NC(=O)c2ccc(O)cc2)ccc1OC(F)F. The van der Waals surface area contributed by atoms with Crippen molar-refractivity contribution in [2.24, 2.45) is 5.10 Å². The molecule has 0 radical (unpaired) electrons. The van der Waals surface area contributed by atoms with Crippen LogP contribution in [0.1, 0.15) is 15.9 Å². The lowest BCUT2D eigenvalue weighted by Crippen LogP contribution is -2.17. The van der Waals surface area contributed by atoms with Crippen LogP contribution in [0.15, 0.2) is 47.6 Å². The second-order valence-electron chi connectivity index (χ2n) is 4.53. The molecule has 2 N–H and O–H groups in total. The Labute approximate surface area is 136 Å². The largest absolute Gasteiger partial charge is 0.508 e. The average molecular weight is 336 g/mol. The van der Waals surface area contributed by atoms with Crippen LogP contribution in [0.25, 0.3) is 0 Å². The summed E-state index contributed by atoms with van der Waals surface area (Å²) in [6.45, 7) is -2.96. The van der Waals surface area contributed by atoms with Crippen molar-refractivity contribution in [2.75, 3.05) is 7.11 Å². The van der Waals surface area contributed by atoms with Crippen molar-refractivity contribution in [2.45, 2.75) is 6.61 Å². The number of amides is 1. The lowest BCUT2D eigenvalue weighted by Gasteiger charge is -2.09. The van der Waals surface area contributed by atoms with Gasteiger partial charge in [-0.3, -0.25) is 4.79 Å². The van der Waals surface area contributed by atoms with E-state index in [1.54, 1.807) is 0 Å². The minimum atomic E-state index is -2.96. The van der Waals surface area contributed by atoms with Crippen molar-refractivity contribution in [1.82, 2.24) is 5.43 Å². The fourth-order valence-corrected chi connectivity index (χ4v) is 1.80.